The van der Waals surface area contributed by atoms with Crippen molar-refractivity contribution < 1.29 is 9.53 Å². The first kappa shape index (κ1) is 10.9. The van der Waals surface area contributed by atoms with Crippen molar-refractivity contribution in [2.45, 2.75) is 0 Å². The molecule has 4 nitrogen and oxygen atoms in total. The average Bonchev–Trinajstić information content (AvgIpc) is 2.32. The highest BCUT2D eigenvalue weighted by atomic mass is 79.9. The summed E-state index contributed by atoms with van der Waals surface area (Å²) < 4.78 is 5.49. The number of carbonyl (C=O) groups is 1. The second-order valence-corrected chi connectivity index (χ2v) is 4.10. The van der Waals surface area contributed by atoms with Gasteiger partial charge in [0.15, 0.2) is 0 Å². The first-order chi connectivity index (χ1) is 7.63. The zero-order chi connectivity index (χ0) is 11.7. The molecule has 0 fully saturated rings. The van der Waals surface area contributed by atoms with Gasteiger partial charge in [-0.2, -0.15) is 0 Å². The number of aromatic nitrogens is 1. The van der Waals surface area contributed by atoms with Crippen LogP contribution in [0.25, 0.3) is 10.8 Å². The highest BCUT2D eigenvalue weighted by Crippen LogP contribution is 2.28. The highest BCUT2D eigenvalue weighted by Gasteiger charge is 2.10. The Labute approximate surface area is 101 Å². The first-order valence-corrected chi connectivity index (χ1v) is 5.35. The molecule has 2 rings (SSSR count). The fourth-order valence-electron chi connectivity index (χ4n) is 1.44. The number of nitrogens with two attached hydrogens (primary N) is 1. The molecule has 1 aromatic heterocycles. The van der Waals surface area contributed by atoms with Crippen molar-refractivity contribution in [2.24, 2.45) is 0 Å². The lowest BCUT2D eigenvalue weighted by Gasteiger charge is -2.05. The summed E-state index contributed by atoms with van der Waals surface area (Å²) >= 11 is 3.40. The molecule has 82 valence electrons. The van der Waals surface area contributed by atoms with Crippen molar-refractivity contribution in [2.75, 3.05) is 12.8 Å². The van der Waals surface area contributed by atoms with Gasteiger partial charge in [-0.05, 0) is 18.2 Å². The lowest BCUT2D eigenvalue weighted by molar-refractivity contribution is 0.0594. The second-order valence-electron chi connectivity index (χ2n) is 3.24. The lowest BCUT2D eigenvalue weighted by atomic mass is 10.1. The maximum atomic E-state index is 11.3. The van der Waals surface area contributed by atoms with E-state index in [-0.39, 0.29) is 5.69 Å². The maximum absolute atomic E-state index is 11.3. The van der Waals surface area contributed by atoms with Crippen molar-refractivity contribution in [1.29, 1.82) is 0 Å². The SMILES string of the molecule is COC(=O)c1cc2c(N)ccc(Br)c2cn1. The Bertz CT molecular complexity index is 569. The molecule has 0 aliphatic rings. The summed E-state index contributed by atoms with van der Waals surface area (Å²) in [6.07, 6.45) is 1.60. The molecular formula is C11H9BrN2O2. The Hall–Kier alpha value is -1.62. The van der Waals surface area contributed by atoms with Crippen LogP contribution in [-0.2, 0) is 4.74 Å². The third-order valence-corrected chi connectivity index (χ3v) is 2.97. The molecule has 0 aliphatic heterocycles. The molecule has 0 aliphatic carbocycles. The Morgan fingerprint density at radius 2 is 2.19 bits per heavy atom. The Kier molecular flexibility index (Phi) is 2.78. The molecule has 1 heterocycles. The number of carbonyl (C=O) groups excluding carboxylic acids is 1. The van der Waals surface area contributed by atoms with Gasteiger partial charge in [-0.25, -0.2) is 9.78 Å². The number of esters is 1. The van der Waals surface area contributed by atoms with Crippen LogP contribution < -0.4 is 5.73 Å². The predicted molar refractivity (Wildman–Crippen MR) is 65.2 cm³/mol. The smallest absolute Gasteiger partial charge is 0.356 e. The first-order valence-electron chi connectivity index (χ1n) is 4.55. The van der Waals surface area contributed by atoms with Gasteiger partial charge >= 0.3 is 5.97 Å². The predicted octanol–water partition coefficient (Wildman–Crippen LogP) is 2.37. The molecule has 0 atom stereocenters. The van der Waals surface area contributed by atoms with Crippen LogP contribution >= 0.6 is 15.9 Å². The van der Waals surface area contributed by atoms with Crippen LogP contribution in [0.2, 0.25) is 0 Å². The number of nitrogen functional groups attached to an aromatic ring is 1. The van der Waals surface area contributed by atoms with Gasteiger partial charge in [-0.1, -0.05) is 15.9 Å². The molecule has 0 spiro atoms. The van der Waals surface area contributed by atoms with E-state index in [0.29, 0.717) is 5.69 Å². The van der Waals surface area contributed by atoms with Gasteiger partial charge in [0.1, 0.15) is 5.69 Å². The van der Waals surface area contributed by atoms with Crippen molar-refractivity contribution in [3.63, 3.8) is 0 Å². The Balaban J connectivity index is 2.70. The third kappa shape index (κ3) is 1.74. The van der Waals surface area contributed by atoms with Crippen molar-refractivity contribution in [3.8, 4) is 0 Å². The molecule has 2 aromatic rings. The molecule has 2 N–H and O–H groups in total. The zero-order valence-electron chi connectivity index (χ0n) is 8.53. The van der Waals surface area contributed by atoms with E-state index < -0.39 is 5.97 Å². The summed E-state index contributed by atoms with van der Waals surface area (Å²) in [4.78, 5) is 15.3. The zero-order valence-corrected chi connectivity index (χ0v) is 10.1. The monoisotopic (exact) mass is 280 g/mol. The van der Waals surface area contributed by atoms with Crippen molar-refractivity contribution in [3.05, 3.63) is 34.6 Å². The number of nitrogens with zero attached hydrogens (tertiary/aromatic N) is 1. The van der Waals surface area contributed by atoms with Crippen molar-refractivity contribution in [1.82, 2.24) is 4.98 Å². The quantitative estimate of drug-likeness (QED) is 0.643. The number of rotatable bonds is 1. The summed E-state index contributed by atoms with van der Waals surface area (Å²) in [5.41, 5.74) is 6.69. The van der Waals surface area contributed by atoms with E-state index in [4.69, 9.17) is 5.73 Å². The number of hydrogen-bond donors (Lipinski definition) is 1. The lowest BCUT2D eigenvalue weighted by Crippen LogP contribution is -2.04. The topological polar surface area (TPSA) is 65.2 Å². The van der Waals surface area contributed by atoms with E-state index in [1.54, 1.807) is 18.3 Å². The molecule has 0 radical (unpaired) electrons. The van der Waals surface area contributed by atoms with Crippen LogP contribution in [-0.4, -0.2) is 18.1 Å². The summed E-state index contributed by atoms with van der Waals surface area (Å²) in [6, 6.07) is 5.24. The summed E-state index contributed by atoms with van der Waals surface area (Å²) in [7, 11) is 1.32. The van der Waals surface area contributed by atoms with Gasteiger partial charge in [0.05, 0.1) is 7.11 Å². The van der Waals surface area contributed by atoms with Crippen LogP contribution in [0.15, 0.2) is 28.9 Å². The number of anilines is 1. The van der Waals surface area contributed by atoms with E-state index in [9.17, 15) is 4.79 Å². The summed E-state index contributed by atoms with van der Waals surface area (Å²) in [5, 5.41) is 1.65. The minimum absolute atomic E-state index is 0.250. The van der Waals surface area contributed by atoms with Crippen LogP contribution in [0.4, 0.5) is 5.69 Å². The van der Waals surface area contributed by atoms with Crippen LogP contribution in [0.1, 0.15) is 10.5 Å². The number of ether oxygens (including phenoxy) is 1. The standard InChI is InChI=1S/C11H9BrN2O2/c1-16-11(15)10-4-6-7(5-14-10)8(12)2-3-9(6)13/h2-5H,13H2,1H3. The number of hydrogen-bond acceptors (Lipinski definition) is 4. The molecule has 0 saturated heterocycles. The molecule has 0 unspecified atom stereocenters. The molecule has 16 heavy (non-hydrogen) atoms. The highest BCUT2D eigenvalue weighted by molar-refractivity contribution is 9.10. The van der Waals surface area contributed by atoms with Crippen LogP contribution in [0.5, 0.6) is 0 Å². The normalized spacial score (nSPS) is 10.4. The number of benzene rings is 1. The van der Waals surface area contributed by atoms with Gasteiger partial charge < -0.3 is 10.5 Å². The minimum Gasteiger partial charge on any atom is -0.464 e. The molecule has 1 aromatic carbocycles. The van der Waals surface area contributed by atoms with Gasteiger partial charge in [-0.3, -0.25) is 0 Å². The largest absolute Gasteiger partial charge is 0.464 e. The minimum atomic E-state index is -0.471. The number of methoxy groups -OCH3 is 1. The van der Waals surface area contributed by atoms with Gasteiger partial charge in [-0.15, -0.1) is 0 Å². The second kappa shape index (κ2) is 4.09. The maximum Gasteiger partial charge on any atom is 0.356 e. The van der Waals surface area contributed by atoms with Gasteiger partial charge in [0.25, 0.3) is 0 Å². The van der Waals surface area contributed by atoms with Crippen LogP contribution in [0, 0.1) is 0 Å². The molecular weight excluding hydrogens is 272 g/mol. The third-order valence-electron chi connectivity index (χ3n) is 2.28. The van der Waals surface area contributed by atoms with E-state index in [2.05, 4.69) is 25.7 Å². The number of pyridine rings is 1. The number of fused-ring (bicyclic) bond motifs is 1. The van der Waals surface area contributed by atoms with E-state index >= 15 is 0 Å². The Morgan fingerprint density at radius 3 is 2.88 bits per heavy atom. The number of halogens is 1. The summed E-state index contributed by atoms with van der Waals surface area (Å²) in [5.74, 6) is -0.471. The molecule has 0 saturated carbocycles. The van der Waals surface area contributed by atoms with Crippen molar-refractivity contribution >= 4 is 38.4 Å². The van der Waals surface area contributed by atoms with Gasteiger partial charge in [0, 0.05) is 27.1 Å². The van der Waals surface area contributed by atoms with E-state index in [1.165, 1.54) is 7.11 Å². The fraction of sp³-hybridized carbons (Fsp3) is 0.0909. The summed E-state index contributed by atoms with van der Waals surface area (Å²) in [6.45, 7) is 0. The van der Waals surface area contributed by atoms with E-state index in [1.807, 2.05) is 6.07 Å². The molecule has 0 bridgehead atoms. The van der Waals surface area contributed by atoms with Crippen LogP contribution in [0.3, 0.4) is 0 Å². The van der Waals surface area contributed by atoms with E-state index in [0.717, 1.165) is 15.2 Å². The average molecular weight is 281 g/mol. The van der Waals surface area contributed by atoms with Gasteiger partial charge in [0.2, 0.25) is 0 Å². The molecule has 0 amide bonds. The molecule has 5 heteroatoms. The fourth-order valence-corrected chi connectivity index (χ4v) is 1.89. The Morgan fingerprint density at radius 1 is 1.44 bits per heavy atom.